The van der Waals surface area contributed by atoms with Gasteiger partial charge in [0.2, 0.25) is 0 Å². The molecule has 0 amide bonds. The molecule has 1 saturated heterocycles. The fourth-order valence-corrected chi connectivity index (χ4v) is 3.50. The molecule has 1 fully saturated rings. The summed E-state index contributed by atoms with van der Waals surface area (Å²) in [6.45, 7) is 5.17. The number of piperazine rings is 1. The highest BCUT2D eigenvalue weighted by atomic mass is 16.5. The van der Waals surface area contributed by atoms with E-state index < -0.39 is 0 Å². The summed E-state index contributed by atoms with van der Waals surface area (Å²) >= 11 is 0. The summed E-state index contributed by atoms with van der Waals surface area (Å²) < 4.78 is 10.6. The predicted molar refractivity (Wildman–Crippen MR) is 114 cm³/mol. The first-order chi connectivity index (χ1) is 13.7. The largest absolute Gasteiger partial charge is 0.497 e. The van der Waals surface area contributed by atoms with Gasteiger partial charge in [-0.3, -0.25) is 4.99 Å². The van der Waals surface area contributed by atoms with Crippen LogP contribution in [0, 0.1) is 0 Å². The highest BCUT2D eigenvalue weighted by Crippen LogP contribution is 2.20. The van der Waals surface area contributed by atoms with E-state index >= 15 is 0 Å². The van der Waals surface area contributed by atoms with Crippen LogP contribution in [0.15, 0.2) is 53.5 Å². The monoisotopic (exact) mass is 382 g/mol. The van der Waals surface area contributed by atoms with Gasteiger partial charge in [-0.1, -0.05) is 24.3 Å². The van der Waals surface area contributed by atoms with Crippen LogP contribution < -0.4 is 15.0 Å². The van der Waals surface area contributed by atoms with Crippen molar-refractivity contribution in [3.63, 3.8) is 0 Å². The van der Waals surface area contributed by atoms with Crippen LogP contribution in [0.1, 0.15) is 11.1 Å². The van der Waals surface area contributed by atoms with Gasteiger partial charge in [-0.25, -0.2) is 0 Å². The van der Waals surface area contributed by atoms with Gasteiger partial charge >= 0.3 is 0 Å². The number of anilines is 1. The zero-order valence-electron chi connectivity index (χ0n) is 17.0. The lowest BCUT2D eigenvalue weighted by Crippen LogP contribution is -2.52. The van der Waals surface area contributed by atoms with E-state index in [0.717, 1.165) is 44.4 Å². The average molecular weight is 383 g/mol. The molecule has 0 aromatic heterocycles. The standard InChI is InChI=1S/C22H30N4O2/c1-23-22(24-16-18-6-4-5-7-19(18)17-27-2)26-14-12-25(13-15-26)20-8-10-21(28-3)11-9-20/h4-11H,12-17H2,1-3H3,(H,23,24). The van der Waals surface area contributed by atoms with E-state index in [2.05, 4.69) is 50.4 Å². The fourth-order valence-electron chi connectivity index (χ4n) is 3.50. The SMILES string of the molecule is CN=C(NCc1ccccc1COC)N1CCN(c2ccc(OC)cc2)CC1. The molecule has 0 unspecified atom stereocenters. The normalized spacial score (nSPS) is 14.9. The van der Waals surface area contributed by atoms with Crippen molar-refractivity contribution in [1.29, 1.82) is 0 Å². The molecular formula is C22H30N4O2. The number of nitrogens with zero attached hydrogens (tertiary/aromatic N) is 3. The molecule has 3 rings (SSSR count). The molecule has 1 N–H and O–H groups in total. The second kappa shape index (κ2) is 9.99. The van der Waals surface area contributed by atoms with Gasteiger partial charge in [0.05, 0.1) is 13.7 Å². The minimum atomic E-state index is 0.622. The van der Waals surface area contributed by atoms with Crippen LogP contribution in [0.4, 0.5) is 5.69 Å². The summed E-state index contributed by atoms with van der Waals surface area (Å²) in [6.07, 6.45) is 0. The Kier molecular flexibility index (Phi) is 7.14. The van der Waals surface area contributed by atoms with Crippen LogP contribution in [-0.2, 0) is 17.9 Å². The molecule has 1 aliphatic heterocycles. The first kappa shape index (κ1) is 20.0. The van der Waals surface area contributed by atoms with E-state index in [9.17, 15) is 0 Å². The van der Waals surface area contributed by atoms with Crippen molar-refractivity contribution in [1.82, 2.24) is 10.2 Å². The van der Waals surface area contributed by atoms with Crippen molar-refractivity contribution < 1.29 is 9.47 Å². The molecule has 6 heteroatoms. The minimum Gasteiger partial charge on any atom is -0.497 e. The summed E-state index contributed by atoms with van der Waals surface area (Å²) in [5.74, 6) is 1.84. The molecule has 2 aromatic rings. The summed E-state index contributed by atoms with van der Waals surface area (Å²) in [5.41, 5.74) is 3.68. The van der Waals surface area contributed by atoms with Crippen molar-refractivity contribution in [2.45, 2.75) is 13.2 Å². The maximum absolute atomic E-state index is 5.30. The Morgan fingerprint density at radius 3 is 2.25 bits per heavy atom. The van der Waals surface area contributed by atoms with Crippen LogP contribution in [0.5, 0.6) is 5.75 Å². The summed E-state index contributed by atoms with van der Waals surface area (Å²) in [7, 11) is 5.27. The third-order valence-electron chi connectivity index (χ3n) is 5.08. The lowest BCUT2D eigenvalue weighted by molar-refractivity contribution is 0.184. The average Bonchev–Trinajstić information content (AvgIpc) is 2.76. The number of hydrogen-bond donors (Lipinski definition) is 1. The van der Waals surface area contributed by atoms with E-state index in [4.69, 9.17) is 9.47 Å². The molecule has 2 aromatic carbocycles. The molecule has 1 heterocycles. The zero-order valence-corrected chi connectivity index (χ0v) is 17.0. The Morgan fingerprint density at radius 2 is 1.64 bits per heavy atom. The summed E-state index contributed by atoms with van der Waals surface area (Å²) in [6, 6.07) is 16.6. The molecule has 0 atom stereocenters. The lowest BCUT2D eigenvalue weighted by atomic mass is 10.1. The van der Waals surface area contributed by atoms with Crippen molar-refractivity contribution in [2.75, 3.05) is 52.3 Å². The molecule has 6 nitrogen and oxygen atoms in total. The van der Waals surface area contributed by atoms with Crippen molar-refractivity contribution in [2.24, 2.45) is 4.99 Å². The highest BCUT2D eigenvalue weighted by molar-refractivity contribution is 5.80. The van der Waals surface area contributed by atoms with Gasteiger partial charge in [0.1, 0.15) is 5.75 Å². The van der Waals surface area contributed by atoms with Crippen LogP contribution in [-0.4, -0.2) is 58.3 Å². The predicted octanol–water partition coefficient (Wildman–Crippen LogP) is 2.74. The number of guanidine groups is 1. The first-order valence-electron chi connectivity index (χ1n) is 9.65. The first-order valence-corrected chi connectivity index (χ1v) is 9.65. The maximum atomic E-state index is 5.30. The highest BCUT2D eigenvalue weighted by Gasteiger charge is 2.20. The molecule has 28 heavy (non-hydrogen) atoms. The quantitative estimate of drug-likeness (QED) is 0.615. The van der Waals surface area contributed by atoms with Crippen molar-refractivity contribution in [3.8, 4) is 5.75 Å². The Labute approximate surface area is 167 Å². The van der Waals surface area contributed by atoms with Crippen LogP contribution in [0.3, 0.4) is 0 Å². The van der Waals surface area contributed by atoms with Crippen molar-refractivity contribution >= 4 is 11.6 Å². The Balaban J connectivity index is 1.55. The molecule has 1 aliphatic rings. The van der Waals surface area contributed by atoms with Gasteiger partial charge < -0.3 is 24.6 Å². The number of benzene rings is 2. The number of methoxy groups -OCH3 is 2. The maximum Gasteiger partial charge on any atom is 0.194 e. The minimum absolute atomic E-state index is 0.622. The Morgan fingerprint density at radius 1 is 0.964 bits per heavy atom. The van der Waals surface area contributed by atoms with E-state index in [0.29, 0.717) is 6.61 Å². The van der Waals surface area contributed by atoms with Gasteiger partial charge in [-0.2, -0.15) is 0 Å². The smallest absolute Gasteiger partial charge is 0.194 e. The van der Waals surface area contributed by atoms with E-state index in [1.54, 1.807) is 14.2 Å². The third kappa shape index (κ3) is 4.95. The molecule has 0 bridgehead atoms. The van der Waals surface area contributed by atoms with Crippen LogP contribution in [0.25, 0.3) is 0 Å². The van der Waals surface area contributed by atoms with Gasteiger partial charge in [-0.15, -0.1) is 0 Å². The van der Waals surface area contributed by atoms with Gasteiger partial charge in [-0.05, 0) is 35.4 Å². The summed E-state index contributed by atoms with van der Waals surface area (Å²) in [4.78, 5) is 9.21. The summed E-state index contributed by atoms with van der Waals surface area (Å²) in [5, 5.41) is 3.51. The molecule has 0 spiro atoms. The van der Waals surface area contributed by atoms with Crippen LogP contribution >= 0.6 is 0 Å². The van der Waals surface area contributed by atoms with E-state index in [1.807, 2.05) is 25.2 Å². The zero-order chi connectivity index (χ0) is 19.8. The van der Waals surface area contributed by atoms with Crippen LogP contribution in [0.2, 0.25) is 0 Å². The number of nitrogens with one attached hydrogen (secondary N) is 1. The second-order valence-corrected chi connectivity index (χ2v) is 6.77. The number of aliphatic imine (C=N–C) groups is 1. The lowest BCUT2D eigenvalue weighted by Gasteiger charge is -2.37. The van der Waals surface area contributed by atoms with Gasteiger partial charge in [0.15, 0.2) is 5.96 Å². The van der Waals surface area contributed by atoms with E-state index in [-0.39, 0.29) is 0 Å². The molecule has 0 radical (unpaired) electrons. The number of ether oxygens (including phenoxy) is 2. The number of rotatable bonds is 6. The van der Waals surface area contributed by atoms with Crippen molar-refractivity contribution in [3.05, 3.63) is 59.7 Å². The fraction of sp³-hybridized carbons (Fsp3) is 0.409. The second-order valence-electron chi connectivity index (χ2n) is 6.77. The molecule has 0 aliphatic carbocycles. The number of hydrogen-bond acceptors (Lipinski definition) is 4. The van der Waals surface area contributed by atoms with E-state index in [1.165, 1.54) is 16.8 Å². The molecular weight excluding hydrogens is 352 g/mol. The van der Waals surface area contributed by atoms with Gasteiger partial charge in [0.25, 0.3) is 0 Å². The molecule has 0 saturated carbocycles. The third-order valence-corrected chi connectivity index (χ3v) is 5.08. The Bertz CT molecular complexity index is 768. The topological polar surface area (TPSA) is 49.3 Å². The Hall–Kier alpha value is -2.73. The van der Waals surface area contributed by atoms with Gasteiger partial charge in [0, 0.05) is 52.6 Å². The molecule has 150 valence electrons.